The Morgan fingerprint density at radius 3 is 2.64 bits per heavy atom. The molecule has 6 nitrogen and oxygen atoms in total. The zero-order valence-corrected chi connectivity index (χ0v) is 12.8. The molecule has 2 unspecified atom stereocenters. The van der Waals surface area contributed by atoms with E-state index in [2.05, 4.69) is 17.6 Å². The highest BCUT2D eigenvalue weighted by atomic mass is 16.6. The zero-order valence-electron chi connectivity index (χ0n) is 12.8. The summed E-state index contributed by atoms with van der Waals surface area (Å²) in [6, 6.07) is 10.1. The molecule has 1 fully saturated rings. The molecule has 0 spiro atoms. The third-order valence-electron chi connectivity index (χ3n) is 4.03. The zero-order chi connectivity index (χ0) is 15.9. The summed E-state index contributed by atoms with van der Waals surface area (Å²) in [5, 5.41) is 29.2. The lowest BCUT2D eigenvalue weighted by atomic mass is 9.93. The summed E-state index contributed by atoms with van der Waals surface area (Å²) in [6.07, 6.45) is -1.66. The van der Waals surface area contributed by atoms with Crippen LogP contribution in [-0.4, -0.2) is 59.5 Å². The van der Waals surface area contributed by atoms with Crippen molar-refractivity contribution in [2.75, 3.05) is 13.7 Å². The number of hydrogen-bond acceptors (Lipinski definition) is 6. The van der Waals surface area contributed by atoms with Crippen LogP contribution in [-0.2, 0) is 16.0 Å². The number of hydrogen-bond donors (Lipinski definition) is 4. The van der Waals surface area contributed by atoms with Crippen molar-refractivity contribution in [3.63, 3.8) is 0 Å². The fourth-order valence-corrected chi connectivity index (χ4v) is 2.73. The summed E-state index contributed by atoms with van der Waals surface area (Å²) in [5.74, 6) is 0. The van der Waals surface area contributed by atoms with Gasteiger partial charge in [-0.15, -0.1) is 0 Å². The Bertz CT molecular complexity index is 430. The maximum absolute atomic E-state index is 10.0. The van der Waals surface area contributed by atoms with Crippen molar-refractivity contribution in [3.8, 4) is 0 Å². The predicted molar refractivity (Wildman–Crippen MR) is 81.1 cm³/mol. The maximum atomic E-state index is 10.0. The number of aliphatic hydroxyl groups excluding tert-OH is 3. The molecule has 1 saturated heterocycles. The Labute approximate surface area is 130 Å². The highest BCUT2D eigenvalue weighted by molar-refractivity contribution is 5.14. The largest absolute Gasteiger partial charge is 0.388 e. The van der Waals surface area contributed by atoms with Gasteiger partial charge in [0.15, 0.2) is 0 Å². The molecular weight excluding hydrogens is 286 g/mol. The van der Waals surface area contributed by atoms with E-state index < -0.39 is 24.4 Å². The van der Waals surface area contributed by atoms with Gasteiger partial charge in [-0.05, 0) is 24.8 Å². The first-order chi connectivity index (χ1) is 10.6. The molecule has 1 aliphatic heterocycles. The number of ether oxygens (including phenoxy) is 1. The fourth-order valence-electron chi connectivity index (χ4n) is 2.73. The predicted octanol–water partition coefficient (Wildman–Crippen LogP) is 0.0104. The van der Waals surface area contributed by atoms with Gasteiger partial charge in [0.25, 0.3) is 0 Å². The molecule has 0 saturated carbocycles. The molecule has 1 aliphatic rings. The summed E-state index contributed by atoms with van der Waals surface area (Å²) >= 11 is 0. The van der Waals surface area contributed by atoms with Crippen LogP contribution in [0.15, 0.2) is 30.3 Å². The van der Waals surface area contributed by atoms with Crippen LogP contribution in [0.2, 0.25) is 0 Å². The maximum Gasteiger partial charge on any atom is 0.111 e. The van der Waals surface area contributed by atoms with Gasteiger partial charge in [0, 0.05) is 6.04 Å². The highest BCUT2D eigenvalue weighted by Crippen LogP contribution is 2.21. The molecular formula is C16H25NO5. The first-order valence-corrected chi connectivity index (χ1v) is 7.60. The number of nitrogens with one attached hydrogen (secondary N) is 1. The van der Waals surface area contributed by atoms with Crippen molar-refractivity contribution in [1.82, 2.24) is 5.48 Å². The standard InChI is InChI=1S/C16H25NO5/c1-21-17-12(8-7-11-5-3-2-4-6-11)9-14-16(20)15(19)13(18)10-22-14/h2-6,12-20H,7-10H2,1H3/t12?,13-,14?,15+,16+/m1/s1. The van der Waals surface area contributed by atoms with E-state index in [4.69, 9.17) is 9.57 Å². The Balaban J connectivity index is 1.88. The summed E-state index contributed by atoms with van der Waals surface area (Å²) in [5.41, 5.74) is 4.14. The van der Waals surface area contributed by atoms with Crippen LogP contribution >= 0.6 is 0 Å². The lowest BCUT2D eigenvalue weighted by Gasteiger charge is -2.36. The van der Waals surface area contributed by atoms with Crippen LogP contribution in [0, 0.1) is 0 Å². The van der Waals surface area contributed by atoms with Crippen molar-refractivity contribution in [2.45, 2.75) is 49.7 Å². The molecule has 0 bridgehead atoms. The number of aryl methyl sites for hydroxylation is 1. The molecule has 1 heterocycles. The van der Waals surface area contributed by atoms with E-state index >= 15 is 0 Å². The number of aliphatic hydroxyl groups is 3. The van der Waals surface area contributed by atoms with Gasteiger partial charge in [0.05, 0.1) is 19.8 Å². The SMILES string of the molecule is CONC(CCc1ccccc1)CC1OC[C@@H](O)[C@H](O)[C@H]1O. The molecule has 1 aromatic carbocycles. The van der Waals surface area contributed by atoms with Crippen LogP contribution in [0.1, 0.15) is 18.4 Å². The molecule has 0 aliphatic carbocycles. The second-order valence-electron chi connectivity index (χ2n) is 5.70. The van der Waals surface area contributed by atoms with Crippen LogP contribution in [0.25, 0.3) is 0 Å². The van der Waals surface area contributed by atoms with Crippen LogP contribution in [0.5, 0.6) is 0 Å². The van der Waals surface area contributed by atoms with Gasteiger partial charge in [-0.25, -0.2) is 0 Å². The van der Waals surface area contributed by atoms with Crippen LogP contribution in [0.4, 0.5) is 0 Å². The average Bonchev–Trinajstić information content (AvgIpc) is 2.54. The molecule has 4 N–H and O–H groups in total. The van der Waals surface area contributed by atoms with Crippen molar-refractivity contribution in [2.24, 2.45) is 0 Å². The van der Waals surface area contributed by atoms with E-state index in [0.717, 1.165) is 12.8 Å². The van der Waals surface area contributed by atoms with Gasteiger partial charge in [-0.1, -0.05) is 30.3 Å². The molecule has 124 valence electrons. The van der Waals surface area contributed by atoms with Gasteiger partial charge in [-0.3, -0.25) is 0 Å². The number of rotatable bonds is 7. The highest BCUT2D eigenvalue weighted by Gasteiger charge is 2.38. The quantitative estimate of drug-likeness (QED) is 0.530. The normalized spacial score (nSPS) is 30.2. The Morgan fingerprint density at radius 2 is 1.95 bits per heavy atom. The van der Waals surface area contributed by atoms with E-state index in [0.29, 0.717) is 6.42 Å². The number of benzene rings is 1. The Hall–Kier alpha value is -1.02. The summed E-state index contributed by atoms with van der Waals surface area (Å²) in [6.45, 7) is 0.0290. The Kier molecular flexibility index (Phi) is 6.75. The van der Waals surface area contributed by atoms with E-state index in [1.165, 1.54) is 5.56 Å². The molecule has 5 atom stereocenters. The van der Waals surface area contributed by atoms with Crippen molar-refractivity contribution >= 4 is 0 Å². The molecule has 1 aromatic rings. The summed E-state index contributed by atoms with van der Waals surface area (Å²) < 4.78 is 5.45. The molecule has 0 aromatic heterocycles. The van der Waals surface area contributed by atoms with Gasteiger partial charge in [-0.2, -0.15) is 5.48 Å². The summed E-state index contributed by atoms with van der Waals surface area (Å²) in [4.78, 5) is 5.02. The van der Waals surface area contributed by atoms with E-state index in [1.807, 2.05) is 18.2 Å². The van der Waals surface area contributed by atoms with Crippen molar-refractivity contribution in [1.29, 1.82) is 0 Å². The number of hydroxylamine groups is 1. The van der Waals surface area contributed by atoms with E-state index in [-0.39, 0.29) is 12.6 Å². The Morgan fingerprint density at radius 1 is 1.23 bits per heavy atom. The molecule has 0 radical (unpaired) electrons. The van der Waals surface area contributed by atoms with E-state index in [1.54, 1.807) is 7.11 Å². The van der Waals surface area contributed by atoms with Crippen molar-refractivity contribution in [3.05, 3.63) is 35.9 Å². The van der Waals surface area contributed by atoms with Crippen molar-refractivity contribution < 1.29 is 24.9 Å². The van der Waals surface area contributed by atoms with Gasteiger partial charge < -0.3 is 24.9 Å². The first-order valence-electron chi connectivity index (χ1n) is 7.60. The minimum atomic E-state index is -1.17. The van der Waals surface area contributed by atoms with Gasteiger partial charge in [0.2, 0.25) is 0 Å². The third kappa shape index (κ3) is 4.74. The minimum Gasteiger partial charge on any atom is -0.388 e. The van der Waals surface area contributed by atoms with Crippen LogP contribution < -0.4 is 5.48 Å². The van der Waals surface area contributed by atoms with Crippen LogP contribution in [0.3, 0.4) is 0 Å². The first kappa shape index (κ1) is 17.3. The summed E-state index contributed by atoms with van der Waals surface area (Å²) in [7, 11) is 1.55. The monoisotopic (exact) mass is 311 g/mol. The topological polar surface area (TPSA) is 91.2 Å². The second kappa shape index (κ2) is 8.57. The molecule has 0 amide bonds. The molecule has 22 heavy (non-hydrogen) atoms. The van der Waals surface area contributed by atoms with Gasteiger partial charge in [0.1, 0.15) is 18.3 Å². The lowest BCUT2D eigenvalue weighted by Crippen LogP contribution is -2.54. The second-order valence-corrected chi connectivity index (χ2v) is 5.70. The lowest BCUT2D eigenvalue weighted by molar-refractivity contribution is -0.191. The fraction of sp³-hybridized carbons (Fsp3) is 0.625. The van der Waals surface area contributed by atoms with Gasteiger partial charge >= 0.3 is 0 Å². The third-order valence-corrected chi connectivity index (χ3v) is 4.03. The molecule has 2 rings (SSSR count). The average molecular weight is 311 g/mol. The smallest absolute Gasteiger partial charge is 0.111 e. The minimum absolute atomic E-state index is 0.0210. The molecule has 6 heteroatoms. The van der Waals surface area contributed by atoms with E-state index in [9.17, 15) is 15.3 Å².